The van der Waals surface area contributed by atoms with Crippen LogP contribution in [0, 0.1) is 5.82 Å². The number of primary amides is 1. The Morgan fingerprint density at radius 3 is 2.58 bits per heavy atom. The van der Waals surface area contributed by atoms with Gasteiger partial charge in [0.15, 0.2) is 0 Å². The third-order valence-electron chi connectivity index (χ3n) is 4.33. The van der Waals surface area contributed by atoms with E-state index in [-0.39, 0.29) is 24.8 Å². The van der Waals surface area contributed by atoms with Gasteiger partial charge in [-0.3, -0.25) is 4.79 Å². The first-order valence-corrected chi connectivity index (χ1v) is 8.14. The van der Waals surface area contributed by atoms with Gasteiger partial charge in [0.05, 0.1) is 18.7 Å². The molecule has 0 bridgehead atoms. The molecule has 3 N–H and O–H groups in total. The van der Waals surface area contributed by atoms with Gasteiger partial charge < -0.3 is 15.8 Å². The maximum Gasteiger partial charge on any atom is 0.220 e. The van der Waals surface area contributed by atoms with Crippen molar-refractivity contribution in [3.8, 4) is 5.75 Å². The number of nitrogens with one attached hydrogen (secondary N) is 1. The molecule has 0 unspecified atom stereocenters. The number of anilines is 1. The molecule has 4 nitrogen and oxygen atoms in total. The summed E-state index contributed by atoms with van der Waals surface area (Å²) in [5.41, 5.74) is 7.23. The third-order valence-corrected chi connectivity index (χ3v) is 4.33. The van der Waals surface area contributed by atoms with Gasteiger partial charge in [0.2, 0.25) is 5.91 Å². The Bertz CT molecular complexity index is 697. The third kappa shape index (κ3) is 4.04. The summed E-state index contributed by atoms with van der Waals surface area (Å²) >= 11 is 0. The van der Waals surface area contributed by atoms with Gasteiger partial charge in [0.25, 0.3) is 0 Å². The lowest BCUT2D eigenvalue weighted by molar-refractivity contribution is -0.118. The quantitative estimate of drug-likeness (QED) is 0.818. The summed E-state index contributed by atoms with van der Waals surface area (Å²) in [5.74, 6) is 0.617. The maximum atomic E-state index is 13.0. The Hall–Kier alpha value is -2.56. The van der Waals surface area contributed by atoms with Crippen molar-refractivity contribution in [2.24, 2.45) is 5.73 Å². The number of ether oxygens (including phenoxy) is 1. The highest BCUT2D eigenvalue weighted by atomic mass is 19.1. The fourth-order valence-electron chi connectivity index (χ4n) is 2.94. The lowest BCUT2D eigenvalue weighted by atomic mass is 9.76. The Balaban J connectivity index is 1.54. The molecule has 24 heavy (non-hydrogen) atoms. The number of halogens is 1. The molecular weight excluding hydrogens is 307 g/mol. The van der Waals surface area contributed by atoms with Gasteiger partial charge in [-0.05, 0) is 48.6 Å². The molecule has 2 aromatic carbocycles. The van der Waals surface area contributed by atoms with E-state index in [1.54, 1.807) is 0 Å². The second-order valence-corrected chi connectivity index (χ2v) is 6.12. The SMILES string of the molecule is NC(=O)CCOc1ccccc1NC1CC(c2ccc(F)cc2)C1. The Morgan fingerprint density at radius 1 is 1.17 bits per heavy atom. The van der Waals surface area contributed by atoms with E-state index >= 15 is 0 Å². The zero-order chi connectivity index (χ0) is 16.9. The highest BCUT2D eigenvalue weighted by molar-refractivity contribution is 5.73. The van der Waals surface area contributed by atoms with Crippen LogP contribution in [-0.4, -0.2) is 18.6 Å². The number of hydrogen-bond donors (Lipinski definition) is 2. The van der Waals surface area contributed by atoms with Crippen molar-refractivity contribution in [3.63, 3.8) is 0 Å². The van der Waals surface area contributed by atoms with Crippen LogP contribution in [0.3, 0.4) is 0 Å². The van der Waals surface area contributed by atoms with E-state index in [4.69, 9.17) is 10.5 Å². The minimum absolute atomic E-state index is 0.199. The van der Waals surface area contributed by atoms with E-state index in [9.17, 15) is 9.18 Å². The molecule has 0 aromatic heterocycles. The van der Waals surface area contributed by atoms with E-state index < -0.39 is 0 Å². The van der Waals surface area contributed by atoms with E-state index in [0.717, 1.165) is 24.3 Å². The number of amides is 1. The number of hydrogen-bond acceptors (Lipinski definition) is 3. The van der Waals surface area contributed by atoms with Gasteiger partial charge in [0, 0.05) is 6.04 Å². The standard InChI is InChI=1S/C19H21FN2O2/c20-15-7-5-13(6-8-15)14-11-16(12-14)22-17-3-1-2-4-18(17)24-10-9-19(21)23/h1-8,14,16,22H,9-12H2,(H2,21,23). The first-order valence-electron chi connectivity index (χ1n) is 8.14. The number of carbonyl (C=O) groups excluding carboxylic acids is 1. The number of para-hydroxylation sites is 2. The first-order chi connectivity index (χ1) is 11.6. The molecule has 0 aliphatic heterocycles. The maximum absolute atomic E-state index is 13.0. The summed E-state index contributed by atoms with van der Waals surface area (Å²) in [6, 6.07) is 14.8. The van der Waals surface area contributed by atoms with Crippen LogP contribution in [0.4, 0.5) is 10.1 Å². The number of carbonyl (C=O) groups is 1. The van der Waals surface area contributed by atoms with E-state index in [2.05, 4.69) is 5.32 Å². The Kier molecular flexibility index (Phi) is 4.99. The molecule has 2 aromatic rings. The highest BCUT2D eigenvalue weighted by Crippen LogP contribution is 2.39. The molecule has 0 heterocycles. The Morgan fingerprint density at radius 2 is 1.88 bits per heavy atom. The van der Waals surface area contributed by atoms with Crippen LogP contribution in [0.5, 0.6) is 5.75 Å². The van der Waals surface area contributed by atoms with Gasteiger partial charge in [-0.1, -0.05) is 24.3 Å². The van der Waals surface area contributed by atoms with Crippen molar-refractivity contribution in [2.75, 3.05) is 11.9 Å². The predicted octanol–water partition coefficient (Wildman–Crippen LogP) is 3.44. The van der Waals surface area contributed by atoms with E-state index in [0.29, 0.717) is 12.0 Å². The largest absolute Gasteiger partial charge is 0.491 e. The molecule has 1 amide bonds. The molecule has 3 rings (SSSR count). The van der Waals surface area contributed by atoms with Crippen LogP contribution in [-0.2, 0) is 4.79 Å². The summed E-state index contributed by atoms with van der Waals surface area (Å²) in [7, 11) is 0. The topological polar surface area (TPSA) is 64.4 Å². The van der Waals surface area contributed by atoms with Crippen molar-refractivity contribution in [1.82, 2.24) is 0 Å². The van der Waals surface area contributed by atoms with Crippen molar-refractivity contribution in [2.45, 2.75) is 31.2 Å². The lowest BCUT2D eigenvalue weighted by Gasteiger charge is -2.37. The molecule has 0 spiro atoms. The summed E-state index contributed by atoms with van der Waals surface area (Å²) in [6.45, 7) is 0.275. The van der Waals surface area contributed by atoms with Crippen molar-refractivity contribution in [3.05, 3.63) is 59.9 Å². The van der Waals surface area contributed by atoms with Gasteiger partial charge in [0.1, 0.15) is 11.6 Å². The van der Waals surface area contributed by atoms with Crippen LogP contribution < -0.4 is 15.8 Å². The van der Waals surface area contributed by atoms with Crippen LogP contribution >= 0.6 is 0 Å². The van der Waals surface area contributed by atoms with Crippen LogP contribution in [0.2, 0.25) is 0 Å². The lowest BCUT2D eigenvalue weighted by Crippen LogP contribution is -2.34. The van der Waals surface area contributed by atoms with Crippen LogP contribution in [0.15, 0.2) is 48.5 Å². The minimum atomic E-state index is -0.374. The number of nitrogens with two attached hydrogens (primary N) is 1. The van der Waals surface area contributed by atoms with Gasteiger partial charge in [-0.15, -0.1) is 0 Å². The van der Waals surface area contributed by atoms with E-state index in [1.807, 2.05) is 36.4 Å². The van der Waals surface area contributed by atoms with Crippen LogP contribution in [0.25, 0.3) is 0 Å². The second kappa shape index (κ2) is 7.34. The molecule has 1 fully saturated rings. The smallest absolute Gasteiger partial charge is 0.220 e. The second-order valence-electron chi connectivity index (χ2n) is 6.12. The number of rotatable bonds is 7. The molecule has 5 heteroatoms. The predicted molar refractivity (Wildman–Crippen MR) is 91.5 cm³/mol. The molecule has 1 saturated carbocycles. The summed E-state index contributed by atoms with van der Waals surface area (Å²) in [5, 5.41) is 3.48. The zero-order valence-electron chi connectivity index (χ0n) is 13.4. The van der Waals surface area contributed by atoms with Crippen LogP contribution in [0.1, 0.15) is 30.7 Å². The highest BCUT2D eigenvalue weighted by Gasteiger charge is 2.30. The van der Waals surface area contributed by atoms with Crippen molar-refractivity contribution in [1.29, 1.82) is 0 Å². The molecular formula is C19H21FN2O2. The molecule has 126 valence electrons. The first kappa shape index (κ1) is 16.3. The van der Waals surface area contributed by atoms with Gasteiger partial charge in [-0.2, -0.15) is 0 Å². The number of benzene rings is 2. The monoisotopic (exact) mass is 328 g/mol. The Labute approximate surface area is 140 Å². The molecule has 0 saturated heterocycles. The summed E-state index contributed by atoms with van der Waals surface area (Å²) < 4.78 is 18.6. The average molecular weight is 328 g/mol. The molecule has 0 atom stereocenters. The van der Waals surface area contributed by atoms with Gasteiger partial charge >= 0.3 is 0 Å². The van der Waals surface area contributed by atoms with Crippen molar-refractivity contribution < 1.29 is 13.9 Å². The zero-order valence-corrected chi connectivity index (χ0v) is 13.4. The van der Waals surface area contributed by atoms with Gasteiger partial charge in [-0.25, -0.2) is 4.39 Å². The molecule has 1 aliphatic rings. The van der Waals surface area contributed by atoms with E-state index in [1.165, 1.54) is 17.7 Å². The molecule has 0 radical (unpaired) electrons. The fourth-order valence-corrected chi connectivity index (χ4v) is 2.94. The molecule has 1 aliphatic carbocycles. The summed E-state index contributed by atoms with van der Waals surface area (Å²) in [6.07, 6.45) is 2.20. The average Bonchev–Trinajstić information content (AvgIpc) is 2.52. The van der Waals surface area contributed by atoms with Crippen molar-refractivity contribution >= 4 is 11.6 Å². The summed E-state index contributed by atoms with van der Waals surface area (Å²) in [4.78, 5) is 10.8. The fraction of sp³-hybridized carbons (Fsp3) is 0.316. The minimum Gasteiger partial charge on any atom is -0.491 e. The normalized spacial score (nSPS) is 19.4.